The SMILES string of the molecule is COc1ccc(S(=O)(=O)N2C[C@H](C)N(C(=O)N(C)C)[C@H]2C(C)C)cc1. The second kappa shape index (κ2) is 7.21. The molecule has 0 saturated carbocycles. The number of hydrogen-bond donors (Lipinski definition) is 0. The molecule has 2 rings (SSSR count). The van der Waals surface area contributed by atoms with Crippen molar-refractivity contribution in [3.8, 4) is 5.75 Å². The number of urea groups is 1. The third-order valence-electron chi connectivity index (χ3n) is 4.36. The Morgan fingerprint density at radius 3 is 2.24 bits per heavy atom. The van der Waals surface area contributed by atoms with Gasteiger partial charge in [0.25, 0.3) is 0 Å². The van der Waals surface area contributed by atoms with Gasteiger partial charge in [-0.2, -0.15) is 4.31 Å². The highest BCUT2D eigenvalue weighted by atomic mass is 32.2. The number of ether oxygens (including phenoxy) is 1. The lowest BCUT2D eigenvalue weighted by Crippen LogP contribution is -2.51. The molecule has 0 spiro atoms. The summed E-state index contributed by atoms with van der Waals surface area (Å²) in [5, 5.41) is 0. The maximum Gasteiger partial charge on any atom is 0.321 e. The molecule has 1 aromatic rings. The lowest BCUT2D eigenvalue weighted by Gasteiger charge is -2.35. The Balaban J connectivity index is 2.43. The molecular formula is C17H27N3O4S. The van der Waals surface area contributed by atoms with E-state index in [1.54, 1.807) is 31.1 Å². The lowest BCUT2D eigenvalue weighted by atomic mass is 10.1. The van der Waals surface area contributed by atoms with E-state index in [-0.39, 0.29) is 29.4 Å². The van der Waals surface area contributed by atoms with Crippen molar-refractivity contribution in [2.75, 3.05) is 27.7 Å². The fourth-order valence-electron chi connectivity index (χ4n) is 3.17. The summed E-state index contributed by atoms with van der Waals surface area (Å²) >= 11 is 0. The molecule has 140 valence electrons. The zero-order valence-corrected chi connectivity index (χ0v) is 16.4. The van der Waals surface area contributed by atoms with E-state index >= 15 is 0 Å². The molecule has 1 aromatic carbocycles. The minimum absolute atomic E-state index is 0.0399. The average Bonchev–Trinajstić information content (AvgIpc) is 2.92. The molecular weight excluding hydrogens is 342 g/mol. The Morgan fingerprint density at radius 2 is 1.80 bits per heavy atom. The number of amides is 2. The number of nitrogens with zero attached hydrogens (tertiary/aromatic N) is 3. The zero-order chi connectivity index (χ0) is 18.9. The second-order valence-electron chi connectivity index (χ2n) is 6.84. The van der Waals surface area contributed by atoms with E-state index in [0.717, 1.165) is 0 Å². The molecule has 0 radical (unpaired) electrons. The van der Waals surface area contributed by atoms with Gasteiger partial charge >= 0.3 is 6.03 Å². The van der Waals surface area contributed by atoms with Gasteiger partial charge < -0.3 is 14.5 Å². The standard InChI is InChI=1S/C17H27N3O4S/c1-12(2)16-19(11-13(3)20(16)17(21)18(4)5)25(22,23)15-9-7-14(24-6)8-10-15/h7-10,12-13,16H,11H2,1-6H3/t13-,16-/m0/s1. The first kappa shape index (κ1) is 19.5. The van der Waals surface area contributed by atoms with Crippen molar-refractivity contribution in [3.63, 3.8) is 0 Å². The Morgan fingerprint density at radius 1 is 1.24 bits per heavy atom. The van der Waals surface area contributed by atoms with E-state index in [9.17, 15) is 13.2 Å². The molecule has 0 N–H and O–H groups in total. The van der Waals surface area contributed by atoms with Crippen LogP contribution in [-0.4, -0.2) is 68.5 Å². The molecule has 0 aliphatic carbocycles. The maximum absolute atomic E-state index is 13.2. The van der Waals surface area contributed by atoms with Gasteiger partial charge in [0.1, 0.15) is 11.9 Å². The van der Waals surface area contributed by atoms with Crippen LogP contribution in [0.1, 0.15) is 20.8 Å². The van der Waals surface area contributed by atoms with Gasteiger partial charge in [0.15, 0.2) is 0 Å². The molecule has 0 aromatic heterocycles. The highest BCUT2D eigenvalue weighted by Gasteiger charge is 2.47. The summed E-state index contributed by atoms with van der Waals surface area (Å²) in [6.07, 6.45) is -0.517. The molecule has 1 heterocycles. The number of rotatable bonds is 4. The van der Waals surface area contributed by atoms with E-state index < -0.39 is 16.2 Å². The van der Waals surface area contributed by atoms with E-state index in [0.29, 0.717) is 5.75 Å². The summed E-state index contributed by atoms with van der Waals surface area (Å²) in [4.78, 5) is 15.9. The average molecular weight is 369 g/mol. The molecule has 2 atom stereocenters. The highest BCUT2D eigenvalue weighted by Crippen LogP contribution is 2.32. The van der Waals surface area contributed by atoms with Crippen molar-refractivity contribution in [1.82, 2.24) is 14.1 Å². The highest BCUT2D eigenvalue weighted by molar-refractivity contribution is 7.89. The Bertz CT molecular complexity index is 716. The minimum atomic E-state index is -3.72. The fourth-order valence-corrected chi connectivity index (χ4v) is 4.96. The van der Waals surface area contributed by atoms with Crippen LogP contribution in [0.25, 0.3) is 0 Å². The lowest BCUT2D eigenvalue weighted by molar-refractivity contribution is 0.116. The van der Waals surface area contributed by atoms with Crippen LogP contribution in [0.5, 0.6) is 5.75 Å². The van der Waals surface area contributed by atoms with Crippen molar-refractivity contribution in [2.45, 2.75) is 37.9 Å². The zero-order valence-electron chi connectivity index (χ0n) is 15.6. The topological polar surface area (TPSA) is 70.2 Å². The van der Waals surface area contributed by atoms with Crippen LogP contribution in [-0.2, 0) is 10.0 Å². The van der Waals surface area contributed by atoms with Gasteiger partial charge in [-0.05, 0) is 37.1 Å². The van der Waals surface area contributed by atoms with Gasteiger partial charge in [0.05, 0.1) is 12.0 Å². The third kappa shape index (κ3) is 3.59. The van der Waals surface area contributed by atoms with Crippen molar-refractivity contribution >= 4 is 16.1 Å². The first-order valence-electron chi connectivity index (χ1n) is 8.26. The predicted molar refractivity (Wildman–Crippen MR) is 95.9 cm³/mol. The van der Waals surface area contributed by atoms with Crippen LogP contribution in [0.2, 0.25) is 0 Å². The maximum atomic E-state index is 13.2. The Labute approximate surface area is 150 Å². The summed E-state index contributed by atoms with van der Waals surface area (Å²) in [5.41, 5.74) is 0. The molecule has 1 aliphatic heterocycles. The molecule has 7 nitrogen and oxygen atoms in total. The molecule has 1 aliphatic rings. The monoisotopic (exact) mass is 369 g/mol. The van der Waals surface area contributed by atoms with E-state index in [4.69, 9.17) is 4.74 Å². The quantitative estimate of drug-likeness (QED) is 0.814. The van der Waals surface area contributed by atoms with Gasteiger partial charge in [0, 0.05) is 26.7 Å². The minimum Gasteiger partial charge on any atom is -0.497 e. The van der Waals surface area contributed by atoms with Crippen molar-refractivity contribution < 1.29 is 17.9 Å². The molecule has 1 saturated heterocycles. The van der Waals surface area contributed by atoms with Gasteiger partial charge in [-0.25, -0.2) is 13.2 Å². The van der Waals surface area contributed by atoms with Gasteiger partial charge in [-0.3, -0.25) is 0 Å². The molecule has 1 fully saturated rings. The second-order valence-corrected chi connectivity index (χ2v) is 8.73. The van der Waals surface area contributed by atoms with Gasteiger partial charge in [-0.15, -0.1) is 0 Å². The van der Waals surface area contributed by atoms with Gasteiger partial charge in [-0.1, -0.05) is 13.8 Å². The summed E-state index contributed by atoms with van der Waals surface area (Å²) in [5.74, 6) is 0.556. The summed E-state index contributed by atoms with van der Waals surface area (Å²) in [6, 6.07) is 5.94. The van der Waals surface area contributed by atoms with Crippen LogP contribution in [0.4, 0.5) is 4.79 Å². The molecule has 0 unspecified atom stereocenters. The van der Waals surface area contributed by atoms with E-state index in [1.807, 2.05) is 20.8 Å². The molecule has 0 bridgehead atoms. The number of sulfonamides is 1. The predicted octanol–water partition coefficient (Wildman–Crippen LogP) is 2.05. The number of carbonyl (C=O) groups excluding carboxylic acids is 1. The molecule has 8 heteroatoms. The molecule has 2 amide bonds. The Hall–Kier alpha value is -1.80. The third-order valence-corrected chi connectivity index (χ3v) is 6.22. The summed E-state index contributed by atoms with van der Waals surface area (Å²) < 4.78 is 32.9. The summed E-state index contributed by atoms with van der Waals surface area (Å²) in [7, 11) is 1.16. The number of methoxy groups -OCH3 is 1. The first-order valence-corrected chi connectivity index (χ1v) is 9.70. The number of benzene rings is 1. The van der Waals surface area contributed by atoms with Crippen LogP contribution < -0.4 is 4.74 Å². The van der Waals surface area contributed by atoms with Crippen molar-refractivity contribution in [3.05, 3.63) is 24.3 Å². The van der Waals surface area contributed by atoms with Crippen molar-refractivity contribution in [1.29, 1.82) is 0 Å². The van der Waals surface area contributed by atoms with Gasteiger partial charge in [0.2, 0.25) is 10.0 Å². The number of hydrogen-bond acceptors (Lipinski definition) is 4. The number of carbonyl (C=O) groups is 1. The summed E-state index contributed by atoms with van der Waals surface area (Å²) in [6.45, 7) is 6.00. The smallest absolute Gasteiger partial charge is 0.321 e. The van der Waals surface area contributed by atoms with Crippen LogP contribution >= 0.6 is 0 Å². The van der Waals surface area contributed by atoms with Crippen LogP contribution in [0.3, 0.4) is 0 Å². The Kier molecular flexibility index (Phi) is 5.63. The normalized spacial score (nSPS) is 21.6. The van der Waals surface area contributed by atoms with Crippen LogP contribution in [0, 0.1) is 5.92 Å². The fraction of sp³-hybridized carbons (Fsp3) is 0.588. The van der Waals surface area contributed by atoms with Crippen molar-refractivity contribution in [2.24, 2.45) is 5.92 Å². The van der Waals surface area contributed by atoms with E-state index in [1.165, 1.54) is 28.4 Å². The van der Waals surface area contributed by atoms with E-state index in [2.05, 4.69) is 0 Å². The van der Waals surface area contributed by atoms with Crippen LogP contribution in [0.15, 0.2) is 29.2 Å². The molecule has 25 heavy (non-hydrogen) atoms. The largest absolute Gasteiger partial charge is 0.497 e. The first-order chi connectivity index (χ1) is 11.6.